The lowest BCUT2D eigenvalue weighted by Crippen LogP contribution is -2.49. The van der Waals surface area contributed by atoms with Crippen LogP contribution in [-0.2, 0) is 16.1 Å². The summed E-state index contributed by atoms with van der Waals surface area (Å²) in [5.74, 6) is 0.296. The average Bonchev–Trinajstić information content (AvgIpc) is 3.00. The van der Waals surface area contributed by atoms with E-state index in [0.29, 0.717) is 29.1 Å². The van der Waals surface area contributed by atoms with Gasteiger partial charge in [0.05, 0.1) is 29.2 Å². The molecule has 228 valence electrons. The van der Waals surface area contributed by atoms with Crippen LogP contribution in [0.25, 0.3) is 11.0 Å². The summed E-state index contributed by atoms with van der Waals surface area (Å²) < 4.78 is 11.2. The van der Waals surface area contributed by atoms with Crippen LogP contribution < -0.4 is 10.7 Å². The number of hydrogen-bond donors (Lipinski definition) is 1. The lowest BCUT2D eigenvalue weighted by molar-refractivity contribution is -0.139. The molecule has 2 aliphatic rings. The largest absolute Gasteiger partial charge is 0.464 e. The number of carbonyl (C=O) groups excluding carboxylic acids is 2. The van der Waals surface area contributed by atoms with Gasteiger partial charge in [-0.25, -0.2) is 9.59 Å². The third kappa shape index (κ3) is 6.85. The van der Waals surface area contributed by atoms with Crippen molar-refractivity contribution in [2.24, 2.45) is 5.92 Å². The number of carbonyl (C=O) groups is 2. The molecule has 1 aromatic heterocycles. The van der Waals surface area contributed by atoms with Crippen molar-refractivity contribution in [2.45, 2.75) is 71.9 Å². The maximum absolute atomic E-state index is 13.7. The van der Waals surface area contributed by atoms with E-state index in [1.165, 1.54) is 11.8 Å². The summed E-state index contributed by atoms with van der Waals surface area (Å²) in [4.78, 5) is 44.5. The Morgan fingerprint density at radius 3 is 2.53 bits per heavy atom. The number of nitrogens with zero attached hydrogens (tertiary/aromatic N) is 2. The highest BCUT2D eigenvalue weighted by Gasteiger charge is 2.38. The van der Waals surface area contributed by atoms with Crippen LogP contribution in [0.5, 0.6) is 0 Å². The van der Waals surface area contributed by atoms with Gasteiger partial charge in [0.25, 0.3) is 0 Å². The predicted molar refractivity (Wildman–Crippen MR) is 168 cm³/mol. The lowest BCUT2D eigenvalue weighted by Gasteiger charge is -2.36. The number of rotatable bonds is 10. The zero-order valence-electron chi connectivity index (χ0n) is 25.7. The van der Waals surface area contributed by atoms with E-state index in [4.69, 9.17) is 9.15 Å². The number of piperidine rings is 1. The van der Waals surface area contributed by atoms with Crippen molar-refractivity contribution in [3.63, 3.8) is 0 Å². The number of amides is 2. The first kappa shape index (κ1) is 30.5. The molecular weight excluding hydrogens is 542 g/mol. The monoisotopic (exact) mass is 585 g/mol. The zero-order chi connectivity index (χ0) is 30.5. The third-order valence-electron chi connectivity index (χ3n) is 8.84. The Balaban J connectivity index is 1.30. The Bertz CT molecular complexity index is 1540. The fraction of sp³-hybridized carbons (Fsp3) is 0.457. The maximum Gasteiger partial charge on any atom is 0.338 e. The molecule has 1 unspecified atom stereocenters. The molecule has 43 heavy (non-hydrogen) atoms. The van der Waals surface area contributed by atoms with Gasteiger partial charge in [-0.15, -0.1) is 0 Å². The van der Waals surface area contributed by atoms with E-state index in [0.717, 1.165) is 50.9 Å². The molecule has 0 radical (unpaired) electrons. The number of ether oxygens (including phenoxy) is 1. The molecule has 3 heterocycles. The fourth-order valence-electron chi connectivity index (χ4n) is 6.29. The number of hydrogen-bond acceptors (Lipinski definition) is 6. The van der Waals surface area contributed by atoms with Gasteiger partial charge in [0.1, 0.15) is 11.8 Å². The highest BCUT2D eigenvalue weighted by Crippen LogP contribution is 2.32. The van der Waals surface area contributed by atoms with E-state index < -0.39 is 12.0 Å². The van der Waals surface area contributed by atoms with Gasteiger partial charge in [0.15, 0.2) is 5.43 Å². The molecule has 1 N–H and O–H groups in total. The number of esters is 1. The van der Waals surface area contributed by atoms with Crippen LogP contribution >= 0.6 is 0 Å². The van der Waals surface area contributed by atoms with Crippen molar-refractivity contribution in [3.8, 4) is 0 Å². The summed E-state index contributed by atoms with van der Waals surface area (Å²) in [7, 11) is 0. The quantitative estimate of drug-likeness (QED) is 0.273. The third-order valence-corrected chi connectivity index (χ3v) is 8.84. The first-order valence-corrected chi connectivity index (χ1v) is 15.5. The summed E-state index contributed by atoms with van der Waals surface area (Å²) in [5.41, 5.74) is 3.54. The second-order valence-corrected chi connectivity index (χ2v) is 12.0. The highest BCUT2D eigenvalue weighted by molar-refractivity contribution is 5.95. The fourth-order valence-corrected chi connectivity index (χ4v) is 6.29. The van der Waals surface area contributed by atoms with E-state index >= 15 is 0 Å². The number of nitrogens with one attached hydrogen (secondary N) is 1. The number of likely N-dealkylation sites (tertiary alicyclic amines) is 1. The van der Waals surface area contributed by atoms with Crippen LogP contribution in [0.4, 0.5) is 4.79 Å². The van der Waals surface area contributed by atoms with Gasteiger partial charge in [-0.2, -0.15) is 0 Å². The van der Waals surface area contributed by atoms with E-state index in [-0.39, 0.29) is 35.1 Å². The molecule has 1 saturated heterocycles. The Morgan fingerprint density at radius 2 is 1.84 bits per heavy atom. The molecule has 8 nitrogen and oxygen atoms in total. The molecular formula is C35H43N3O5. The second kappa shape index (κ2) is 13.6. The van der Waals surface area contributed by atoms with Crippen molar-refractivity contribution in [3.05, 3.63) is 93.0 Å². The molecule has 2 aliphatic heterocycles. The number of fused-ring (bicyclic) bond motifs is 1. The average molecular weight is 586 g/mol. The van der Waals surface area contributed by atoms with Crippen LogP contribution in [0.2, 0.25) is 0 Å². The molecule has 3 aromatic rings. The summed E-state index contributed by atoms with van der Waals surface area (Å²) in [6.45, 7) is 11.4. The van der Waals surface area contributed by atoms with Crippen LogP contribution in [0.15, 0.2) is 75.3 Å². The first-order chi connectivity index (χ1) is 20.8. The van der Waals surface area contributed by atoms with Crippen LogP contribution in [0.3, 0.4) is 0 Å². The zero-order valence-corrected chi connectivity index (χ0v) is 25.7. The summed E-state index contributed by atoms with van der Waals surface area (Å²) >= 11 is 0. The molecule has 0 spiro atoms. The van der Waals surface area contributed by atoms with Gasteiger partial charge in [-0.05, 0) is 87.7 Å². The molecule has 0 bridgehead atoms. The summed E-state index contributed by atoms with van der Waals surface area (Å²) in [5, 5.41) is 3.35. The topological polar surface area (TPSA) is 92.1 Å². The van der Waals surface area contributed by atoms with Gasteiger partial charge < -0.3 is 14.5 Å². The van der Waals surface area contributed by atoms with Gasteiger partial charge >= 0.3 is 12.0 Å². The Morgan fingerprint density at radius 1 is 1.09 bits per heavy atom. The molecule has 0 saturated carbocycles. The van der Waals surface area contributed by atoms with E-state index in [1.54, 1.807) is 24.8 Å². The van der Waals surface area contributed by atoms with Gasteiger partial charge in [0, 0.05) is 18.8 Å². The van der Waals surface area contributed by atoms with Gasteiger partial charge in [-0.1, -0.05) is 50.2 Å². The van der Waals surface area contributed by atoms with Crippen molar-refractivity contribution >= 4 is 23.0 Å². The van der Waals surface area contributed by atoms with Crippen molar-refractivity contribution in [2.75, 3.05) is 26.2 Å². The summed E-state index contributed by atoms with van der Waals surface area (Å²) in [6.07, 6.45) is 5.48. The van der Waals surface area contributed by atoms with Gasteiger partial charge in [-0.3, -0.25) is 14.6 Å². The van der Waals surface area contributed by atoms with Crippen molar-refractivity contribution < 1.29 is 18.7 Å². The summed E-state index contributed by atoms with van der Waals surface area (Å²) in [6, 6.07) is 14.9. The standard InChI is InChI=1S/C35H43N3O5/c1-5-42-34(40)31-24(4)38(17-9-12-25-15-18-37(19-16-25)21-26-10-7-6-8-11-26)35(41)36-32(31)29-22-43-30-14-13-27(23(2)3)20-28(30)33(29)39/h6-8,10-11,13-14,20,22-23,25,32H,5,9,12,15-19,21H2,1-4H3,(H,36,41). The number of urea groups is 1. The molecule has 5 rings (SSSR count). The normalized spacial score (nSPS) is 18.4. The highest BCUT2D eigenvalue weighted by atomic mass is 16.5. The van der Waals surface area contributed by atoms with Crippen molar-refractivity contribution in [1.82, 2.24) is 15.1 Å². The van der Waals surface area contributed by atoms with E-state index in [2.05, 4.69) is 48.3 Å². The molecule has 0 aliphatic carbocycles. The molecule has 2 amide bonds. The SMILES string of the molecule is CCOC(=O)C1=C(C)N(CCCC2CCN(Cc3ccccc3)CC2)C(=O)NC1c1coc2ccc(C(C)C)cc2c1=O. The molecule has 2 aromatic carbocycles. The smallest absolute Gasteiger partial charge is 0.338 e. The van der Waals surface area contributed by atoms with Crippen LogP contribution in [0, 0.1) is 5.92 Å². The van der Waals surface area contributed by atoms with E-state index in [1.807, 2.05) is 18.2 Å². The Kier molecular flexibility index (Phi) is 9.65. The van der Waals surface area contributed by atoms with E-state index in [9.17, 15) is 14.4 Å². The van der Waals surface area contributed by atoms with Crippen LogP contribution in [-0.4, -0.2) is 48.0 Å². The van der Waals surface area contributed by atoms with Crippen molar-refractivity contribution in [1.29, 1.82) is 0 Å². The minimum Gasteiger partial charge on any atom is -0.464 e. The minimum absolute atomic E-state index is 0.184. The second-order valence-electron chi connectivity index (χ2n) is 12.0. The number of allylic oxidation sites excluding steroid dienone is 1. The minimum atomic E-state index is -0.958. The number of benzene rings is 2. The Hall–Kier alpha value is -3.91. The maximum atomic E-state index is 13.7. The molecule has 1 fully saturated rings. The first-order valence-electron chi connectivity index (χ1n) is 15.5. The Labute approximate surface area is 253 Å². The van der Waals surface area contributed by atoms with Crippen LogP contribution in [0.1, 0.15) is 82.0 Å². The lowest BCUT2D eigenvalue weighted by atomic mass is 9.91. The molecule has 8 heteroatoms. The molecule has 1 atom stereocenters. The predicted octanol–water partition coefficient (Wildman–Crippen LogP) is 6.51. The van der Waals surface area contributed by atoms with Gasteiger partial charge in [0.2, 0.25) is 0 Å².